The van der Waals surface area contributed by atoms with Crippen LogP contribution >= 0.6 is 0 Å². The largest absolute Gasteiger partial charge is 0.454 e. The third kappa shape index (κ3) is 2.11. The third-order valence-corrected chi connectivity index (χ3v) is 5.75. The number of hydrogen-bond donors (Lipinski definition) is 0. The lowest BCUT2D eigenvalue weighted by Gasteiger charge is -2.48. The normalized spacial score (nSPS) is 26.4. The molecule has 128 valence electrons. The minimum atomic E-state index is -0.0413. The summed E-state index contributed by atoms with van der Waals surface area (Å²) in [6, 6.07) is 14.2. The molecule has 1 aliphatic carbocycles. The van der Waals surface area contributed by atoms with E-state index in [1.165, 1.54) is 6.42 Å². The van der Waals surface area contributed by atoms with Gasteiger partial charge in [-0.15, -0.1) is 0 Å². The molecule has 5 rings (SSSR count). The van der Waals surface area contributed by atoms with Crippen molar-refractivity contribution < 1.29 is 19.0 Å². The Morgan fingerprint density at radius 3 is 2.52 bits per heavy atom. The van der Waals surface area contributed by atoms with Gasteiger partial charge in [-0.05, 0) is 30.4 Å². The van der Waals surface area contributed by atoms with E-state index in [1.807, 2.05) is 35.5 Å². The average Bonchev–Trinajstić information content (AvgIpc) is 3.11. The summed E-state index contributed by atoms with van der Waals surface area (Å²) in [6.45, 7) is 4.81. The molecule has 0 saturated heterocycles. The fourth-order valence-corrected chi connectivity index (χ4v) is 3.69. The molecule has 2 heterocycles. The second-order valence-corrected chi connectivity index (χ2v) is 7.21. The molecule has 0 aromatic heterocycles. The molecule has 5 heteroatoms. The standard InChI is InChI=1S/C20H21N2O3/c1-14-8-9-20(14,2)22-21(16-6-4-3-5-7-16)12-15-10-18-19(24-13-23-18)11-17(15)25-22/h3-7,10-12,14H,8-9,13H2,1-2H3/q+1. The van der Waals surface area contributed by atoms with E-state index in [0.29, 0.717) is 5.92 Å². The van der Waals surface area contributed by atoms with Crippen molar-refractivity contribution in [2.24, 2.45) is 5.92 Å². The van der Waals surface area contributed by atoms with E-state index in [4.69, 9.17) is 14.3 Å². The van der Waals surface area contributed by atoms with Gasteiger partial charge in [0, 0.05) is 29.4 Å². The van der Waals surface area contributed by atoms with Gasteiger partial charge in [-0.25, -0.2) is 0 Å². The van der Waals surface area contributed by atoms with Crippen LogP contribution in [0.2, 0.25) is 0 Å². The molecule has 3 aliphatic rings. The fraction of sp³-hybridized carbons (Fsp3) is 0.350. The maximum atomic E-state index is 6.39. The van der Waals surface area contributed by atoms with Crippen LogP contribution < -0.4 is 14.3 Å². The molecule has 0 amide bonds. The highest BCUT2D eigenvalue weighted by Crippen LogP contribution is 2.47. The van der Waals surface area contributed by atoms with Gasteiger partial charge in [0.15, 0.2) is 17.2 Å². The van der Waals surface area contributed by atoms with Crippen LogP contribution in [-0.2, 0) is 0 Å². The Morgan fingerprint density at radius 2 is 1.84 bits per heavy atom. The van der Waals surface area contributed by atoms with Gasteiger partial charge in [-0.3, -0.25) is 0 Å². The van der Waals surface area contributed by atoms with Crippen molar-refractivity contribution in [2.45, 2.75) is 32.2 Å². The number of hydrazone groups is 1. The molecule has 0 radical (unpaired) electrons. The van der Waals surface area contributed by atoms with Crippen molar-refractivity contribution in [1.29, 1.82) is 0 Å². The van der Waals surface area contributed by atoms with E-state index >= 15 is 0 Å². The highest BCUT2D eigenvalue weighted by Gasteiger charge is 2.53. The van der Waals surface area contributed by atoms with E-state index in [9.17, 15) is 0 Å². The lowest BCUT2D eigenvalue weighted by molar-refractivity contribution is -0.717. The predicted molar refractivity (Wildman–Crippen MR) is 93.4 cm³/mol. The zero-order chi connectivity index (χ0) is 17.0. The van der Waals surface area contributed by atoms with Crippen LogP contribution in [-0.4, -0.2) is 28.4 Å². The maximum Gasteiger partial charge on any atom is 0.238 e. The minimum absolute atomic E-state index is 0.0413. The first kappa shape index (κ1) is 14.6. The number of hydrogen-bond acceptors (Lipinski definition) is 4. The molecular formula is C20H21N2O3+. The number of rotatable bonds is 2. The number of fused-ring (bicyclic) bond motifs is 2. The van der Waals surface area contributed by atoms with Crippen molar-refractivity contribution in [2.75, 3.05) is 6.79 Å². The quantitative estimate of drug-likeness (QED) is 0.779. The molecule has 2 atom stereocenters. The van der Waals surface area contributed by atoms with Crippen LogP contribution in [0.5, 0.6) is 17.2 Å². The topological polar surface area (TPSA) is 33.9 Å². The minimum Gasteiger partial charge on any atom is -0.454 e. The molecule has 25 heavy (non-hydrogen) atoms. The van der Waals surface area contributed by atoms with E-state index in [2.05, 4.69) is 36.9 Å². The first-order chi connectivity index (χ1) is 12.1. The first-order valence-electron chi connectivity index (χ1n) is 8.76. The van der Waals surface area contributed by atoms with Crippen molar-refractivity contribution in [3.8, 4) is 17.2 Å². The van der Waals surface area contributed by atoms with Crippen LogP contribution in [0, 0.1) is 5.92 Å². The predicted octanol–water partition coefficient (Wildman–Crippen LogP) is 3.89. The molecule has 2 aromatic carbocycles. The molecular weight excluding hydrogens is 316 g/mol. The number of hydrazine groups is 1. The van der Waals surface area contributed by atoms with Gasteiger partial charge in [0.1, 0.15) is 5.54 Å². The van der Waals surface area contributed by atoms with Gasteiger partial charge < -0.3 is 14.3 Å². The Labute approximate surface area is 147 Å². The molecule has 5 nitrogen and oxygen atoms in total. The summed E-state index contributed by atoms with van der Waals surface area (Å²) in [6.07, 6.45) is 4.44. The summed E-state index contributed by atoms with van der Waals surface area (Å²) >= 11 is 0. The van der Waals surface area contributed by atoms with Crippen molar-refractivity contribution in [3.63, 3.8) is 0 Å². The highest BCUT2D eigenvalue weighted by atomic mass is 16.7. The Bertz CT molecular complexity index is 865. The van der Waals surface area contributed by atoms with Gasteiger partial charge in [0.25, 0.3) is 0 Å². The van der Waals surface area contributed by atoms with Crippen LogP contribution in [0.4, 0.5) is 5.69 Å². The number of ether oxygens (including phenoxy) is 2. The molecule has 2 unspecified atom stereocenters. The second kappa shape index (κ2) is 5.15. The zero-order valence-corrected chi connectivity index (χ0v) is 14.4. The lowest BCUT2D eigenvalue weighted by Crippen LogP contribution is -2.62. The van der Waals surface area contributed by atoms with Crippen molar-refractivity contribution in [1.82, 2.24) is 5.17 Å². The van der Waals surface area contributed by atoms with Gasteiger partial charge in [-0.2, -0.15) is 0 Å². The molecule has 0 N–H and O–H groups in total. The fourth-order valence-electron chi connectivity index (χ4n) is 3.69. The Kier molecular flexibility index (Phi) is 3.02. The van der Waals surface area contributed by atoms with Gasteiger partial charge in [0.2, 0.25) is 18.7 Å². The summed E-state index contributed by atoms with van der Waals surface area (Å²) in [4.78, 5) is 6.39. The molecule has 2 aliphatic heterocycles. The molecule has 1 fully saturated rings. The Morgan fingerprint density at radius 1 is 1.08 bits per heavy atom. The third-order valence-electron chi connectivity index (χ3n) is 5.75. The molecule has 0 bridgehead atoms. The lowest BCUT2D eigenvalue weighted by atomic mass is 9.69. The van der Waals surface area contributed by atoms with Gasteiger partial charge >= 0.3 is 0 Å². The van der Waals surface area contributed by atoms with E-state index in [0.717, 1.165) is 34.9 Å². The maximum absolute atomic E-state index is 6.39. The molecule has 1 saturated carbocycles. The SMILES string of the molecule is CC1CCC1(C)N1Oc2cc3c(cc2C=[N+]1c1ccccc1)OCO3. The summed E-state index contributed by atoms with van der Waals surface area (Å²) in [5.74, 6) is 2.87. The van der Waals surface area contributed by atoms with E-state index in [1.54, 1.807) is 0 Å². The zero-order valence-electron chi connectivity index (χ0n) is 14.4. The number of benzene rings is 2. The second-order valence-electron chi connectivity index (χ2n) is 7.21. The Balaban J connectivity index is 1.65. The summed E-state index contributed by atoms with van der Waals surface area (Å²) in [5.41, 5.74) is 2.02. The summed E-state index contributed by atoms with van der Waals surface area (Å²) in [5, 5.41) is 2.03. The van der Waals surface area contributed by atoms with Crippen molar-refractivity contribution in [3.05, 3.63) is 48.0 Å². The Hall–Kier alpha value is -2.69. The van der Waals surface area contributed by atoms with Gasteiger partial charge in [-0.1, -0.05) is 25.1 Å². The van der Waals surface area contributed by atoms with E-state index in [-0.39, 0.29) is 12.3 Å². The summed E-state index contributed by atoms with van der Waals surface area (Å²) < 4.78 is 13.1. The average molecular weight is 337 g/mol. The van der Waals surface area contributed by atoms with Crippen LogP contribution in [0.1, 0.15) is 32.3 Å². The molecule has 2 aromatic rings. The van der Waals surface area contributed by atoms with Gasteiger partial charge in [0.05, 0.1) is 5.56 Å². The monoisotopic (exact) mass is 337 g/mol. The van der Waals surface area contributed by atoms with Crippen LogP contribution in [0.15, 0.2) is 42.5 Å². The smallest absolute Gasteiger partial charge is 0.238 e. The number of para-hydroxylation sites is 1. The van der Waals surface area contributed by atoms with Crippen LogP contribution in [0.3, 0.4) is 0 Å². The van der Waals surface area contributed by atoms with Crippen molar-refractivity contribution >= 4 is 11.9 Å². The van der Waals surface area contributed by atoms with Crippen LogP contribution in [0.25, 0.3) is 0 Å². The summed E-state index contributed by atoms with van der Waals surface area (Å²) in [7, 11) is 0. The number of hydroxylamine groups is 1. The van der Waals surface area contributed by atoms with E-state index < -0.39 is 0 Å². The molecule has 0 spiro atoms. The first-order valence-corrected chi connectivity index (χ1v) is 8.76. The highest BCUT2D eigenvalue weighted by molar-refractivity contribution is 5.83. The number of nitrogens with zero attached hydrogens (tertiary/aromatic N) is 2.